The lowest BCUT2D eigenvalue weighted by atomic mass is 9.93. The highest BCUT2D eigenvalue weighted by molar-refractivity contribution is 6.10. The van der Waals surface area contributed by atoms with Gasteiger partial charge in [-0.2, -0.15) is 0 Å². The number of carbonyl (C=O) groups excluding carboxylic acids is 2. The van der Waals surface area contributed by atoms with Gasteiger partial charge in [-0.3, -0.25) is 9.59 Å². The Hall–Kier alpha value is -2.60. The average Bonchev–Trinajstić information content (AvgIpc) is 2.95. The van der Waals surface area contributed by atoms with E-state index in [1.165, 1.54) is 0 Å². The van der Waals surface area contributed by atoms with Crippen LogP contribution in [-0.4, -0.2) is 40.6 Å². The summed E-state index contributed by atoms with van der Waals surface area (Å²) >= 11 is 0. The van der Waals surface area contributed by atoms with Crippen LogP contribution < -0.4 is 10.6 Å². The number of rotatable bonds is 2. The number of hydrogen-bond acceptors (Lipinski definition) is 3. The summed E-state index contributed by atoms with van der Waals surface area (Å²) in [6, 6.07) is 7.86. The van der Waals surface area contributed by atoms with Crippen LogP contribution >= 0.6 is 0 Å². The van der Waals surface area contributed by atoms with Crippen LogP contribution in [0, 0.1) is 0 Å². The van der Waals surface area contributed by atoms with E-state index in [0.29, 0.717) is 18.7 Å². The second-order valence-corrected chi connectivity index (χ2v) is 7.11. The zero-order valence-corrected chi connectivity index (χ0v) is 14.5. The van der Waals surface area contributed by atoms with E-state index in [2.05, 4.69) is 15.6 Å². The van der Waals surface area contributed by atoms with Gasteiger partial charge in [0.15, 0.2) is 0 Å². The number of benzene rings is 1. The highest BCUT2D eigenvalue weighted by Gasteiger charge is 2.25. The van der Waals surface area contributed by atoms with E-state index in [9.17, 15) is 14.7 Å². The third kappa shape index (κ3) is 3.24. The molecule has 1 aliphatic carbocycles. The highest BCUT2D eigenvalue weighted by atomic mass is 16.3. The molecule has 2 heterocycles. The fourth-order valence-electron chi connectivity index (χ4n) is 3.94. The number of amides is 2. The maximum atomic E-state index is 12.6. The van der Waals surface area contributed by atoms with E-state index >= 15 is 0 Å². The summed E-state index contributed by atoms with van der Waals surface area (Å²) in [4.78, 5) is 28.1. The minimum absolute atomic E-state index is 0.107. The lowest BCUT2D eigenvalue weighted by Gasteiger charge is -2.25. The van der Waals surface area contributed by atoms with E-state index in [-0.39, 0.29) is 24.0 Å². The molecule has 0 bridgehead atoms. The maximum absolute atomic E-state index is 12.6. The molecule has 2 amide bonds. The Morgan fingerprint density at radius 3 is 2.77 bits per heavy atom. The van der Waals surface area contributed by atoms with Gasteiger partial charge in [0.2, 0.25) is 5.91 Å². The Bertz CT molecular complexity index is 876. The zero-order valence-electron chi connectivity index (χ0n) is 14.5. The molecule has 1 fully saturated rings. The van der Waals surface area contributed by atoms with Crippen LogP contribution in [-0.2, 0) is 4.79 Å². The molecule has 1 aromatic carbocycles. The standard InChI is InChI=1S/C20H23N3O3/c24-14-7-5-13(6-8-14)22-17(25)11-12-9-10-21-20(26)19-18(12)15-3-1-2-4-16(15)23-19/h1-4,11,13-14,23-24H,5-10H2,(H,21,26)(H,22,25)/b12-11+. The van der Waals surface area contributed by atoms with Gasteiger partial charge < -0.3 is 20.7 Å². The number of aliphatic hydroxyl groups excluding tert-OH is 1. The summed E-state index contributed by atoms with van der Waals surface area (Å²) in [6.45, 7) is 0.504. The van der Waals surface area contributed by atoms with E-state index in [0.717, 1.165) is 47.7 Å². The minimum Gasteiger partial charge on any atom is -0.393 e. The molecule has 4 N–H and O–H groups in total. The minimum atomic E-state index is -0.241. The molecule has 1 aromatic heterocycles. The average molecular weight is 353 g/mol. The molecule has 0 atom stereocenters. The fraction of sp³-hybridized carbons (Fsp3) is 0.400. The monoisotopic (exact) mass is 353 g/mol. The second-order valence-electron chi connectivity index (χ2n) is 7.11. The van der Waals surface area contributed by atoms with Gasteiger partial charge in [0, 0.05) is 35.1 Å². The summed E-state index contributed by atoms with van der Waals surface area (Å²) in [5.41, 5.74) is 3.10. The fourth-order valence-corrected chi connectivity index (χ4v) is 3.94. The van der Waals surface area contributed by atoms with E-state index in [1.54, 1.807) is 6.08 Å². The molecule has 1 aliphatic heterocycles. The number of aromatic amines is 1. The van der Waals surface area contributed by atoms with Gasteiger partial charge >= 0.3 is 0 Å². The molecule has 0 radical (unpaired) electrons. The third-order valence-corrected chi connectivity index (χ3v) is 5.28. The Morgan fingerprint density at radius 2 is 1.96 bits per heavy atom. The number of nitrogens with one attached hydrogen (secondary N) is 3. The van der Waals surface area contributed by atoms with Gasteiger partial charge in [-0.25, -0.2) is 0 Å². The summed E-state index contributed by atoms with van der Waals surface area (Å²) in [5, 5.41) is 16.5. The third-order valence-electron chi connectivity index (χ3n) is 5.28. The molecule has 4 rings (SSSR count). The first-order chi connectivity index (χ1) is 12.6. The second kappa shape index (κ2) is 6.96. The zero-order chi connectivity index (χ0) is 18.1. The van der Waals surface area contributed by atoms with Crippen LogP contribution in [0.4, 0.5) is 0 Å². The number of H-pyrrole nitrogens is 1. The summed E-state index contributed by atoms with van der Waals surface area (Å²) < 4.78 is 0. The first-order valence-electron chi connectivity index (χ1n) is 9.20. The number of aliphatic hydroxyl groups is 1. The van der Waals surface area contributed by atoms with E-state index in [4.69, 9.17) is 0 Å². The molecule has 26 heavy (non-hydrogen) atoms. The number of hydrogen-bond donors (Lipinski definition) is 4. The topological polar surface area (TPSA) is 94.2 Å². The molecule has 0 unspecified atom stereocenters. The summed E-state index contributed by atoms with van der Waals surface area (Å²) in [5.74, 6) is -0.270. The van der Waals surface area contributed by atoms with Gasteiger partial charge in [0.25, 0.3) is 5.91 Å². The van der Waals surface area contributed by atoms with Crippen LogP contribution in [0.25, 0.3) is 16.5 Å². The Morgan fingerprint density at radius 1 is 1.19 bits per heavy atom. The molecule has 2 aliphatic rings. The molecule has 0 spiro atoms. The smallest absolute Gasteiger partial charge is 0.268 e. The summed E-state index contributed by atoms with van der Waals surface area (Å²) in [7, 11) is 0. The van der Waals surface area contributed by atoms with Crippen molar-refractivity contribution < 1.29 is 14.7 Å². The predicted octanol–water partition coefficient (Wildman–Crippen LogP) is 2.10. The van der Waals surface area contributed by atoms with E-state index in [1.807, 2.05) is 24.3 Å². The van der Waals surface area contributed by atoms with Crippen LogP contribution in [0.2, 0.25) is 0 Å². The van der Waals surface area contributed by atoms with Crippen molar-refractivity contribution in [3.05, 3.63) is 41.6 Å². The van der Waals surface area contributed by atoms with Crippen LogP contribution in [0.1, 0.15) is 48.2 Å². The van der Waals surface area contributed by atoms with Crippen molar-refractivity contribution in [2.75, 3.05) is 6.54 Å². The maximum Gasteiger partial charge on any atom is 0.268 e. The number of fused-ring (bicyclic) bond motifs is 3. The molecule has 2 aromatic rings. The molecule has 6 heteroatoms. The summed E-state index contributed by atoms with van der Waals surface area (Å²) in [6.07, 6.45) is 5.05. The highest BCUT2D eigenvalue weighted by Crippen LogP contribution is 2.32. The van der Waals surface area contributed by atoms with Gasteiger partial charge in [-0.15, -0.1) is 0 Å². The normalized spacial score (nSPS) is 24.8. The van der Waals surface area contributed by atoms with Gasteiger partial charge in [-0.1, -0.05) is 18.2 Å². The first-order valence-corrected chi connectivity index (χ1v) is 9.20. The van der Waals surface area contributed by atoms with Crippen molar-refractivity contribution in [1.29, 1.82) is 0 Å². The van der Waals surface area contributed by atoms with Crippen LogP contribution in [0.5, 0.6) is 0 Å². The van der Waals surface area contributed by atoms with Crippen molar-refractivity contribution >= 4 is 28.3 Å². The van der Waals surface area contributed by atoms with Crippen LogP contribution in [0.3, 0.4) is 0 Å². The molecule has 136 valence electrons. The largest absolute Gasteiger partial charge is 0.393 e. The molecular formula is C20H23N3O3. The lowest BCUT2D eigenvalue weighted by molar-refractivity contribution is -0.117. The van der Waals surface area contributed by atoms with Crippen molar-refractivity contribution in [3.8, 4) is 0 Å². The van der Waals surface area contributed by atoms with Gasteiger partial charge in [0.1, 0.15) is 5.69 Å². The lowest BCUT2D eigenvalue weighted by Crippen LogP contribution is -2.37. The Kier molecular flexibility index (Phi) is 4.51. The van der Waals surface area contributed by atoms with E-state index < -0.39 is 0 Å². The molecule has 0 saturated heterocycles. The molecule has 6 nitrogen and oxygen atoms in total. The van der Waals surface area contributed by atoms with Gasteiger partial charge in [0.05, 0.1) is 6.10 Å². The number of para-hydroxylation sites is 1. The van der Waals surface area contributed by atoms with Crippen molar-refractivity contribution in [2.24, 2.45) is 0 Å². The Balaban J connectivity index is 1.64. The first kappa shape index (κ1) is 16.8. The number of aromatic nitrogens is 1. The molecule has 1 saturated carbocycles. The van der Waals surface area contributed by atoms with Crippen LogP contribution in [0.15, 0.2) is 30.3 Å². The van der Waals surface area contributed by atoms with Crippen molar-refractivity contribution in [3.63, 3.8) is 0 Å². The SMILES string of the molecule is O=C(/C=C1\CCNC(=O)c2[nH]c3ccccc3c21)NC1CCC(O)CC1. The quantitative estimate of drug-likeness (QED) is 0.623. The van der Waals surface area contributed by atoms with Crippen molar-refractivity contribution in [2.45, 2.75) is 44.2 Å². The van der Waals surface area contributed by atoms with Gasteiger partial charge in [-0.05, 0) is 43.7 Å². The Labute approximate surface area is 151 Å². The van der Waals surface area contributed by atoms with Crippen molar-refractivity contribution in [1.82, 2.24) is 15.6 Å². The predicted molar refractivity (Wildman–Crippen MR) is 99.6 cm³/mol. The number of carbonyl (C=O) groups is 2. The molecular weight excluding hydrogens is 330 g/mol.